The number of urea groups is 1. The SMILES string of the molecule is Cc1ccc(NC(=O)N2CCCCC2)c2ccccc12. The van der Waals surface area contributed by atoms with Crippen LogP contribution in [0.5, 0.6) is 0 Å². The lowest BCUT2D eigenvalue weighted by Crippen LogP contribution is -2.38. The summed E-state index contributed by atoms with van der Waals surface area (Å²) < 4.78 is 0. The lowest BCUT2D eigenvalue weighted by molar-refractivity contribution is 0.200. The molecule has 2 aromatic rings. The van der Waals surface area contributed by atoms with Gasteiger partial charge in [-0.1, -0.05) is 30.3 Å². The van der Waals surface area contributed by atoms with Crippen LogP contribution in [0.3, 0.4) is 0 Å². The van der Waals surface area contributed by atoms with Crippen molar-refractivity contribution in [3.05, 3.63) is 42.0 Å². The first-order chi connectivity index (χ1) is 9.75. The number of fused-ring (bicyclic) bond motifs is 1. The number of nitrogens with zero attached hydrogens (tertiary/aromatic N) is 1. The Hall–Kier alpha value is -2.03. The van der Waals surface area contributed by atoms with Gasteiger partial charge in [-0.05, 0) is 43.2 Å². The third kappa shape index (κ3) is 2.48. The standard InChI is InChI=1S/C17H20N2O/c1-13-9-10-16(15-8-4-3-7-14(13)15)18-17(20)19-11-5-2-6-12-19/h3-4,7-10H,2,5-6,11-12H2,1H3,(H,18,20). The molecular formula is C17H20N2O. The minimum absolute atomic E-state index is 0.0266. The topological polar surface area (TPSA) is 32.3 Å². The van der Waals surface area contributed by atoms with E-state index < -0.39 is 0 Å². The van der Waals surface area contributed by atoms with Gasteiger partial charge in [-0.3, -0.25) is 0 Å². The molecule has 0 radical (unpaired) electrons. The van der Waals surface area contributed by atoms with Crippen LogP contribution in [-0.2, 0) is 0 Å². The van der Waals surface area contributed by atoms with E-state index in [0.717, 1.165) is 37.0 Å². The Morgan fingerprint density at radius 2 is 1.70 bits per heavy atom. The van der Waals surface area contributed by atoms with E-state index in [9.17, 15) is 4.79 Å². The van der Waals surface area contributed by atoms with Crippen molar-refractivity contribution >= 4 is 22.5 Å². The smallest absolute Gasteiger partial charge is 0.321 e. The molecule has 2 aromatic carbocycles. The number of piperidine rings is 1. The van der Waals surface area contributed by atoms with Crippen LogP contribution in [0.15, 0.2) is 36.4 Å². The van der Waals surface area contributed by atoms with Gasteiger partial charge >= 0.3 is 6.03 Å². The number of amides is 2. The molecule has 3 heteroatoms. The van der Waals surface area contributed by atoms with E-state index >= 15 is 0 Å². The maximum absolute atomic E-state index is 12.3. The molecule has 20 heavy (non-hydrogen) atoms. The average Bonchev–Trinajstić information content (AvgIpc) is 2.51. The second-order valence-electron chi connectivity index (χ2n) is 5.45. The molecule has 1 saturated heterocycles. The van der Waals surface area contributed by atoms with Crippen molar-refractivity contribution in [1.29, 1.82) is 0 Å². The lowest BCUT2D eigenvalue weighted by atomic mass is 10.0. The van der Waals surface area contributed by atoms with Crippen LogP contribution in [0.1, 0.15) is 24.8 Å². The summed E-state index contributed by atoms with van der Waals surface area (Å²) in [6.45, 7) is 3.84. The molecule has 3 nitrogen and oxygen atoms in total. The molecule has 1 aliphatic heterocycles. The fourth-order valence-electron chi connectivity index (χ4n) is 2.85. The summed E-state index contributed by atoms with van der Waals surface area (Å²) in [6, 6.07) is 12.3. The van der Waals surface area contributed by atoms with E-state index in [1.54, 1.807) is 0 Å². The fraction of sp³-hybridized carbons (Fsp3) is 0.353. The molecule has 3 rings (SSSR count). The molecule has 0 saturated carbocycles. The van der Waals surface area contributed by atoms with E-state index in [1.807, 2.05) is 23.1 Å². The Balaban J connectivity index is 1.87. The Kier molecular flexibility index (Phi) is 3.59. The van der Waals surface area contributed by atoms with E-state index in [4.69, 9.17) is 0 Å². The molecule has 0 aliphatic carbocycles. The van der Waals surface area contributed by atoms with Crippen LogP contribution in [0, 0.1) is 6.92 Å². The van der Waals surface area contributed by atoms with Gasteiger partial charge in [-0.2, -0.15) is 0 Å². The summed E-state index contributed by atoms with van der Waals surface area (Å²) >= 11 is 0. The predicted octanol–water partition coefficient (Wildman–Crippen LogP) is 4.17. The van der Waals surface area contributed by atoms with Crippen LogP contribution < -0.4 is 5.32 Å². The van der Waals surface area contributed by atoms with Gasteiger partial charge in [0.2, 0.25) is 0 Å². The number of nitrogens with one attached hydrogen (secondary N) is 1. The van der Waals surface area contributed by atoms with Gasteiger partial charge in [0, 0.05) is 18.5 Å². The summed E-state index contributed by atoms with van der Waals surface area (Å²) in [4.78, 5) is 14.2. The van der Waals surface area contributed by atoms with Crippen molar-refractivity contribution in [2.24, 2.45) is 0 Å². The lowest BCUT2D eigenvalue weighted by Gasteiger charge is -2.27. The molecule has 0 atom stereocenters. The zero-order valence-electron chi connectivity index (χ0n) is 11.9. The van der Waals surface area contributed by atoms with Crippen molar-refractivity contribution in [1.82, 2.24) is 4.90 Å². The Morgan fingerprint density at radius 1 is 1.00 bits per heavy atom. The quantitative estimate of drug-likeness (QED) is 0.827. The largest absolute Gasteiger partial charge is 0.325 e. The molecule has 0 unspecified atom stereocenters. The van der Waals surface area contributed by atoms with Crippen molar-refractivity contribution < 1.29 is 4.79 Å². The highest BCUT2D eigenvalue weighted by atomic mass is 16.2. The molecular weight excluding hydrogens is 248 g/mol. The Morgan fingerprint density at radius 3 is 2.45 bits per heavy atom. The van der Waals surface area contributed by atoms with Gasteiger partial charge in [-0.25, -0.2) is 4.79 Å². The summed E-state index contributed by atoms with van der Waals surface area (Å²) in [5.74, 6) is 0. The first kappa shape index (κ1) is 13.0. The van der Waals surface area contributed by atoms with Crippen molar-refractivity contribution in [3.63, 3.8) is 0 Å². The molecule has 0 bridgehead atoms. The van der Waals surface area contributed by atoms with Crippen molar-refractivity contribution in [2.45, 2.75) is 26.2 Å². The number of aryl methyl sites for hydroxylation is 1. The monoisotopic (exact) mass is 268 g/mol. The van der Waals surface area contributed by atoms with Gasteiger partial charge in [0.15, 0.2) is 0 Å². The van der Waals surface area contributed by atoms with Crippen LogP contribution in [-0.4, -0.2) is 24.0 Å². The predicted molar refractivity (Wildman–Crippen MR) is 83.1 cm³/mol. The Bertz CT molecular complexity index is 630. The maximum atomic E-state index is 12.3. The number of carbonyl (C=O) groups is 1. The number of hydrogen-bond donors (Lipinski definition) is 1. The number of anilines is 1. The maximum Gasteiger partial charge on any atom is 0.321 e. The number of rotatable bonds is 1. The molecule has 104 valence electrons. The van der Waals surface area contributed by atoms with Crippen LogP contribution >= 0.6 is 0 Å². The second-order valence-corrected chi connectivity index (χ2v) is 5.45. The van der Waals surface area contributed by atoms with Crippen molar-refractivity contribution in [3.8, 4) is 0 Å². The minimum Gasteiger partial charge on any atom is -0.325 e. The van der Waals surface area contributed by atoms with E-state index in [0.29, 0.717) is 0 Å². The normalized spacial score (nSPS) is 15.3. The average molecular weight is 268 g/mol. The number of hydrogen-bond acceptors (Lipinski definition) is 1. The summed E-state index contributed by atoms with van der Waals surface area (Å²) in [5, 5.41) is 5.38. The number of carbonyl (C=O) groups excluding carboxylic acids is 1. The first-order valence-electron chi connectivity index (χ1n) is 7.30. The summed E-state index contributed by atoms with van der Waals surface area (Å²) in [5.41, 5.74) is 2.14. The molecule has 1 aliphatic rings. The highest BCUT2D eigenvalue weighted by molar-refractivity contribution is 6.02. The van der Waals surface area contributed by atoms with Gasteiger partial charge in [0.1, 0.15) is 0 Å². The molecule has 1 fully saturated rings. The van der Waals surface area contributed by atoms with Gasteiger partial charge < -0.3 is 10.2 Å². The zero-order valence-corrected chi connectivity index (χ0v) is 11.9. The van der Waals surface area contributed by atoms with E-state index in [-0.39, 0.29) is 6.03 Å². The summed E-state index contributed by atoms with van der Waals surface area (Å²) in [6.07, 6.45) is 3.46. The highest BCUT2D eigenvalue weighted by Crippen LogP contribution is 2.26. The van der Waals surface area contributed by atoms with Gasteiger partial charge in [-0.15, -0.1) is 0 Å². The fourth-order valence-corrected chi connectivity index (χ4v) is 2.85. The third-order valence-corrected chi connectivity index (χ3v) is 4.03. The molecule has 1 N–H and O–H groups in total. The van der Waals surface area contributed by atoms with E-state index in [1.165, 1.54) is 17.4 Å². The molecule has 2 amide bonds. The van der Waals surface area contributed by atoms with Gasteiger partial charge in [0.25, 0.3) is 0 Å². The zero-order chi connectivity index (χ0) is 13.9. The third-order valence-electron chi connectivity index (χ3n) is 4.03. The molecule has 0 aromatic heterocycles. The minimum atomic E-state index is 0.0266. The van der Waals surface area contributed by atoms with Crippen LogP contribution in [0.25, 0.3) is 10.8 Å². The number of likely N-dealkylation sites (tertiary alicyclic amines) is 1. The summed E-state index contributed by atoms with van der Waals surface area (Å²) in [7, 11) is 0. The van der Waals surface area contributed by atoms with Crippen LogP contribution in [0.2, 0.25) is 0 Å². The molecule has 0 spiro atoms. The van der Waals surface area contributed by atoms with E-state index in [2.05, 4.69) is 30.4 Å². The second kappa shape index (κ2) is 5.53. The first-order valence-corrected chi connectivity index (χ1v) is 7.30. The molecule has 1 heterocycles. The Labute approximate surface area is 119 Å². The van der Waals surface area contributed by atoms with Crippen LogP contribution in [0.4, 0.5) is 10.5 Å². The van der Waals surface area contributed by atoms with Crippen molar-refractivity contribution in [2.75, 3.05) is 18.4 Å². The highest BCUT2D eigenvalue weighted by Gasteiger charge is 2.17. The van der Waals surface area contributed by atoms with Gasteiger partial charge in [0.05, 0.1) is 5.69 Å². The number of benzene rings is 2.